The van der Waals surface area contributed by atoms with E-state index < -0.39 is 5.54 Å². The summed E-state index contributed by atoms with van der Waals surface area (Å²) in [7, 11) is 0. The van der Waals surface area contributed by atoms with E-state index in [2.05, 4.69) is 22.5 Å². The molecule has 2 rings (SSSR count). The first-order chi connectivity index (χ1) is 10.5. The lowest BCUT2D eigenvalue weighted by molar-refractivity contribution is -0.115. The number of thiazole rings is 1. The van der Waals surface area contributed by atoms with Crippen LogP contribution in [0.2, 0.25) is 0 Å². The molecule has 22 heavy (non-hydrogen) atoms. The van der Waals surface area contributed by atoms with Gasteiger partial charge in [0.15, 0.2) is 5.13 Å². The molecule has 5 nitrogen and oxygen atoms in total. The molecule has 1 aromatic heterocycles. The Kier molecular flexibility index (Phi) is 5.65. The third-order valence-corrected chi connectivity index (χ3v) is 3.87. The van der Waals surface area contributed by atoms with Crippen molar-refractivity contribution >= 4 is 27.9 Å². The van der Waals surface area contributed by atoms with Crippen molar-refractivity contribution in [3.8, 4) is 0 Å². The van der Waals surface area contributed by atoms with Crippen LogP contribution in [0, 0.1) is 0 Å². The fourth-order valence-corrected chi connectivity index (χ4v) is 2.65. The minimum Gasteiger partial charge on any atom is -0.319 e. The molecule has 0 saturated heterocycles. The summed E-state index contributed by atoms with van der Waals surface area (Å²) >= 11 is 1.42. The van der Waals surface area contributed by atoms with Crippen LogP contribution in [0.25, 0.3) is 5.57 Å². The van der Waals surface area contributed by atoms with Crippen molar-refractivity contribution < 1.29 is 4.79 Å². The number of allylic oxidation sites excluding steroid dienone is 4. The average molecular weight is 318 g/mol. The summed E-state index contributed by atoms with van der Waals surface area (Å²) in [5.41, 5.74) is 7.42. The van der Waals surface area contributed by atoms with Crippen LogP contribution in [0.3, 0.4) is 0 Å². The highest BCUT2D eigenvalue weighted by Crippen LogP contribution is 2.24. The smallest absolute Gasteiger partial charge is 0.240 e. The van der Waals surface area contributed by atoms with E-state index in [9.17, 15) is 4.79 Å². The van der Waals surface area contributed by atoms with Gasteiger partial charge in [-0.05, 0) is 19.9 Å². The Morgan fingerprint density at radius 2 is 2.27 bits per heavy atom. The largest absolute Gasteiger partial charge is 0.319 e. The van der Waals surface area contributed by atoms with Gasteiger partial charge in [-0.3, -0.25) is 4.79 Å². The van der Waals surface area contributed by atoms with E-state index in [1.165, 1.54) is 11.3 Å². The zero-order valence-electron chi connectivity index (χ0n) is 12.9. The van der Waals surface area contributed by atoms with Gasteiger partial charge in [0.1, 0.15) is 0 Å². The molecule has 1 heterocycles. The fraction of sp³-hybridized carbons (Fsp3) is 0.375. The van der Waals surface area contributed by atoms with Gasteiger partial charge < -0.3 is 16.4 Å². The topological polar surface area (TPSA) is 80.0 Å². The predicted octanol–water partition coefficient (Wildman–Crippen LogP) is 2.31. The van der Waals surface area contributed by atoms with Gasteiger partial charge in [0.05, 0.1) is 17.8 Å². The van der Waals surface area contributed by atoms with Gasteiger partial charge in [0.2, 0.25) is 5.91 Å². The molecule has 6 heteroatoms. The number of aromatic nitrogens is 1. The Labute approximate surface area is 135 Å². The highest BCUT2D eigenvalue weighted by atomic mass is 32.1. The van der Waals surface area contributed by atoms with E-state index >= 15 is 0 Å². The Hall–Kier alpha value is -1.76. The standard InChI is InChI=1S/C16H22N4OS/c1-3-9-18-10-14(21)20-15-19-13(11-22-15)12-5-4-7-16(2,17)8-6-12/h4-8,11,18H,3,9-10,17H2,1-2H3,(H,19,20,21). The number of hydrogen-bond acceptors (Lipinski definition) is 5. The van der Waals surface area contributed by atoms with Crippen molar-refractivity contribution in [1.29, 1.82) is 0 Å². The highest BCUT2D eigenvalue weighted by Gasteiger charge is 2.13. The van der Waals surface area contributed by atoms with Gasteiger partial charge >= 0.3 is 0 Å². The van der Waals surface area contributed by atoms with E-state index in [-0.39, 0.29) is 5.91 Å². The Bertz CT molecular complexity index is 613. The maximum absolute atomic E-state index is 11.7. The second-order valence-electron chi connectivity index (χ2n) is 5.44. The molecular formula is C16H22N4OS. The molecule has 1 unspecified atom stereocenters. The molecule has 1 amide bonds. The number of rotatable bonds is 6. The number of carbonyl (C=O) groups is 1. The van der Waals surface area contributed by atoms with Crippen molar-refractivity contribution in [3.63, 3.8) is 0 Å². The first kappa shape index (κ1) is 16.6. The van der Waals surface area contributed by atoms with E-state index in [0.29, 0.717) is 11.7 Å². The normalized spacial score (nSPS) is 20.6. The molecule has 0 fully saturated rings. The fourth-order valence-electron chi connectivity index (χ4n) is 1.92. The number of nitrogens with two attached hydrogens (primary N) is 1. The van der Waals surface area contributed by atoms with Crippen LogP contribution in [0.4, 0.5) is 5.13 Å². The number of nitrogens with one attached hydrogen (secondary N) is 2. The minimum absolute atomic E-state index is 0.0748. The molecule has 0 radical (unpaired) electrons. The molecule has 0 saturated carbocycles. The first-order valence-electron chi connectivity index (χ1n) is 7.34. The zero-order valence-corrected chi connectivity index (χ0v) is 13.7. The van der Waals surface area contributed by atoms with Crippen LogP contribution >= 0.6 is 11.3 Å². The lowest BCUT2D eigenvalue weighted by Crippen LogP contribution is -2.30. The lowest BCUT2D eigenvalue weighted by Gasteiger charge is -2.12. The van der Waals surface area contributed by atoms with E-state index in [4.69, 9.17) is 5.73 Å². The molecule has 1 atom stereocenters. The quantitative estimate of drug-likeness (QED) is 0.703. The lowest BCUT2D eigenvalue weighted by atomic mass is 10.0. The number of carbonyl (C=O) groups excluding carboxylic acids is 1. The number of anilines is 1. The van der Waals surface area contributed by atoms with Crippen LogP contribution in [0.1, 0.15) is 26.0 Å². The SMILES string of the molecule is CCCNCC(=O)Nc1nc(C2=CC=CC(C)(N)C=C2)cs1. The third-order valence-electron chi connectivity index (χ3n) is 3.11. The molecule has 4 N–H and O–H groups in total. The van der Waals surface area contributed by atoms with Gasteiger partial charge in [-0.1, -0.05) is 37.3 Å². The summed E-state index contributed by atoms with van der Waals surface area (Å²) in [6.45, 7) is 5.14. The van der Waals surface area contributed by atoms with Gasteiger partial charge in [0, 0.05) is 11.0 Å². The molecular weight excluding hydrogens is 296 g/mol. The molecule has 0 aliphatic heterocycles. The van der Waals surface area contributed by atoms with Crippen LogP contribution in [0.15, 0.2) is 35.8 Å². The third kappa shape index (κ3) is 4.91. The molecule has 1 aliphatic carbocycles. The maximum atomic E-state index is 11.7. The van der Waals surface area contributed by atoms with E-state index in [1.54, 1.807) is 0 Å². The molecule has 118 valence electrons. The number of amides is 1. The van der Waals surface area contributed by atoms with Gasteiger partial charge in [-0.2, -0.15) is 0 Å². The molecule has 0 spiro atoms. The maximum Gasteiger partial charge on any atom is 0.240 e. The van der Waals surface area contributed by atoms with Gasteiger partial charge in [-0.25, -0.2) is 4.98 Å². The van der Waals surface area contributed by atoms with Crippen LogP contribution < -0.4 is 16.4 Å². The van der Waals surface area contributed by atoms with Crippen molar-refractivity contribution in [1.82, 2.24) is 10.3 Å². The molecule has 0 bridgehead atoms. The highest BCUT2D eigenvalue weighted by molar-refractivity contribution is 7.14. The molecule has 0 aromatic carbocycles. The van der Waals surface area contributed by atoms with Crippen molar-refractivity contribution in [2.24, 2.45) is 5.73 Å². The summed E-state index contributed by atoms with van der Waals surface area (Å²) in [5, 5.41) is 8.40. The second kappa shape index (κ2) is 7.49. The number of hydrogen-bond donors (Lipinski definition) is 3. The second-order valence-corrected chi connectivity index (χ2v) is 6.30. The predicted molar refractivity (Wildman–Crippen MR) is 92.8 cm³/mol. The summed E-state index contributed by atoms with van der Waals surface area (Å²) in [5.74, 6) is -0.0748. The summed E-state index contributed by atoms with van der Waals surface area (Å²) < 4.78 is 0. The number of nitrogens with zero attached hydrogens (tertiary/aromatic N) is 1. The Morgan fingerprint density at radius 1 is 1.45 bits per heavy atom. The molecule has 1 aliphatic rings. The average Bonchev–Trinajstić information content (AvgIpc) is 2.83. The monoisotopic (exact) mass is 318 g/mol. The summed E-state index contributed by atoms with van der Waals surface area (Å²) in [6, 6.07) is 0. The minimum atomic E-state index is -0.448. The van der Waals surface area contributed by atoms with Crippen LogP contribution in [0.5, 0.6) is 0 Å². The van der Waals surface area contributed by atoms with Crippen molar-refractivity contribution in [2.75, 3.05) is 18.4 Å². The van der Waals surface area contributed by atoms with E-state index in [1.807, 2.05) is 42.7 Å². The summed E-state index contributed by atoms with van der Waals surface area (Å²) in [6.07, 6.45) is 10.7. The van der Waals surface area contributed by atoms with Crippen LogP contribution in [-0.4, -0.2) is 29.5 Å². The Morgan fingerprint density at radius 3 is 3.05 bits per heavy atom. The Balaban J connectivity index is 1.99. The van der Waals surface area contributed by atoms with E-state index in [0.717, 1.165) is 24.2 Å². The van der Waals surface area contributed by atoms with Gasteiger partial charge in [-0.15, -0.1) is 11.3 Å². The molecule has 1 aromatic rings. The summed E-state index contributed by atoms with van der Waals surface area (Å²) in [4.78, 5) is 16.2. The zero-order chi connectivity index (χ0) is 16.0. The van der Waals surface area contributed by atoms with Crippen molar-refractivity contribution in [3.05, 3.63) is 41.5 Å². The van der Waals surface area contributed by atoms with Crippen LogP contribution in [-0.2, 0) is 4.79 Å². The van der Waals surface area contributed by atoms with Gasteiger partial charge in [0.25, 0.3) is 0 Å². The first-order valence-corrected chi connectivity index (χ1v) is 8.22. The van der Waals surface area contributed by atoms with Crippen molar-refractivity contribution in [2.45, 2.75) is 25.8 Å².